The minimum atomic E-state index is -5.45. The minimum absolute atomic E-state index is 0.00894. The molecule has 1 unspecified atom stereocenters. The van der Waals surface area contributed by atoms with E-state index in [4.69, 9.17) is 0 Å². The standard InChI is InChI=1S/C11H17F6NO/c1-6(2)8(5-18-7-3-4-7)19-9(10(12,13)14)11(15,16)17/h6-9,18H,3-5H2,1-2H3. The van der Waals surface area contributed by atoms with E-state index in [1.165, 1.54) is 13.8 Å². The predicted octanol–water partition coefficient (Wildman–Crippen LogP) is 3.27. The van der Waals surface area contributed by atoms with Crippen LogP contribution in [0, 0.1) is 5.92 Å². The van der Waals surface area contributed by atoms with E-state index >= 15 is 0 Å². The van der Waals surface area contributed by atoms with Crippen LogP contribution in [0.1, 0.15) is 26.7 Å². The Hall–Kier alpha value is -0.500. The molecule has 0 saturated heterocycles. The van der Waals surface area contributed by atoms with Gasteiger partial charge in [0.2, 0.25) is 6.10 Å². The third-order valence-corrected chi connectivity index (χ3v) is 2.83. The maximum Gasteiger partial charge on any atom is 0.423 e. The molecule has 8 heteroatoms. The summed E-state index contributed by atoms with van der Waals surface area (Å²) in [5, 5.41) is 2.89. The minimum Gasteiger partial charge on any atom is -0.356 e. The van der Waals surface area contributed by atoms with Crippen molar-refractivity contribution in [1.82, 2.24) is 5.32 Å². The zero-order chi connectivity index (χ0) is 14.8. The molecular weight excluding hydrogens is 276 g/mol. The summed E-state index contributed by atoms with van der Waals surface area (Å²) in [4.78, 5) is 0. The summed E-state index contributed by atoms with van der Waals surface area (Å²) >= 11 is 0. The van der Waals surface area contributed by atoms with Crippen molar-refractivity contribution in [2.45, 2.75) is 57.3 Å². The molecule has 1 aliphatic carbocycles. The van der Waals surface area contributed by atoms with E-state index in [2.05, 4.69) is 10.1 Å². The highest BCUT2D eigenvalue weighted by atomic mass is 19.4. The van der Waals surface area contributed by atoms with Gasteiger partial charge in [-0.05, 0) is 18.8 Å². The second-order valence-electron chi connectivity index (χ2n) is 5.06. The lowest BCUT2D eigenvalue weighted by atomic mass is 10.1. The molecule has 0 bridgehead atoms. The van der Waals surface area contributed by atoms with Crippen LogP contribution in [0.25, 0.3) is 0 Å². The predicted molar refractivity (Wildman–Crippen MR) is 56.6 cm³/mol. The number of nitrogens with one attached hydrogen (secondary N) is 1. The Morgan fingerprint density at radius 3 is 1.84 bits per heavy atom. The molecule has 1 fully saturated rings. The topological polar surface area (TPSA) is 21.3 Å². The van der Waals surface area contributed by atoms with Crippen LogP contribution in [0.3, 0.4) is 0 Å². The Morgan fingerprint density at radius 2 is 1.53 bits per heavy atom. The fourth-order valence-electron chi connectivity index (χ4n) is 1.53. The largest absolute Gasteiger partial charge is 0.423 e. The van der Waals surface area contributed by atoms with E-state index in [9.17, 15) is 26.3 Å². The molecule has 0 spiro atoms. The van der Waals surface area contributed by atoms with Gasteiger partial charge in [0.1, 0.15) is 0 Å². The van der Waals surface area contributed by atoms with E-state index in [0.717, 1.165) is 12.8 Å². The van der Waals surface area contributed by atoms with Gasteiger partial charge in [0, 0.05) is 12.6 Å². The maximum atomic E-state index is 12.4. The van der Waals surface area contributed by atoms with Gasteiger partial charge in [0.25, 0.3) is 0 Å². The Labute approximate surface area is 107 Å². The lowest BCUT2D eigenvalue weighted by Gasteiger charge is -2.30. The van der Waals surface area contributed by atoms with Crippen LogP contribution in [0.15, 0.2) is 0 Å². The van der Waals surface area contributed by atoms with Crippen molar-refractivity contribution >= 4 is 0 Å². The highest BCUT2D eigenvalue weighted by Crippen LogP contribution is 2.37. The van der Waals surface area contributed by atoms with Gasteiger partial charge in [-0.2, -0.15) is 26.3 Å². The molecule has 0 aromatic heterocycles. The van der Waals surface area contributed by atoms with Crippen molar-refractivity contribution in [3.63, 3.8) is 0 Å². The zero-order valence-electron chi connectivity index (χ0n) is 10.6. The summed E-state index contributed by atoms with van der Waals surface area (Å²) < 4.78 is 78.6. The molecule has 19 heavy (non-hydrogen) atoms. The number of rotatable bonds is 6. The Kier molecular flexibility index (Phi) is 5.11. The van der Waals surface area contributed by atoms with Crippen LogP contribution in [0.2, 0.25) is 0 Å². The van der Waals surface area contributed by atoms with Crippen LogP contribution in [-0.4, -0.2) is 37.1 Å². The average molecular weight is 293 g/mol. The maximum absolute atomic E-state index is 12.4. The summed E-state index contributed by atoms with van der Waals surface area (Å²) in [6.45, 7) is 3.05. The third-order valence-electron chi connectivity index (χ3n) is 2.83. The first kappa shape index (κ1) is 16.6. The molecule has 2 nitrogen and oxygen atoms in total. The zero-order valence-corrected chi connectivity index (χ0v) is 10.6. The van der Waals surface area contributed by atoms with Gasteiger partial charge in [-0.25, -0.2) is 0 Å². The van der Waals surface area contributed by atoms with Crippen molar-refractivity contribution in [2.24, 2.45) is 5.92 Å². The summed E-state index contributed by atoms with van der Waals surface area (Å²) in [6, 6.07) is 0.195. The number of ether oxygens (including phenoxy) is 1. The van der Waals surface area contributed by atoms with E-state index in [0.29, 0.717) is 0 Å². The molecule has 0 aromatic carbocycles. The first-order valence-corrected chi connectivity index (χ1v) is 6.04. The van der Waals surface area contributed by atoms with E-state index in [1.807, 2.05) is 0 Å². The molecule has 0 heterocycles. The van der Waals surface area contributed by atoms with Crippen molar-refractivity contribution in [3.8, 4) is 0 Å². The molecule has 0 aliphatic heterocycles. The van der Waals surface area contributed by atoms with Crippen LogP contribution in [0.5, 0.6) is 0 Å². The van der Waals surface area contributed by atoms with Gasteiger partial charge in [-0.3, -0.25) is 0 Å². The van der Waals surface area contributed by atoms with Gasteiger partial charge in [-0.1, -0.05) is 13.8 Å². The quantitative estimate of drug-likeness (QED) is 0.759. The van der Waals surface area contributed by atoms with Gasteiger partial charge in [-0.15, -0.1) is 0 Å². The highest BCUT2D eigenvalue weighted by Gasteiger charge is 2.58. The van der Waals surface area contributed by atoms with Crippen molar-refractivity contribution in [2.75, 3.05) is 6.54 Å². The van der Waals surface area contributed by atoms with Crippen molar-refractivity contribution < 1.29 is 31.1 Å². The summed E-state index contributed by atoms with van der Waals surface area (Å²) in [6.07, 6.45) is -14.0. The summed E-state index contributed by atoms with van der Waals surface area (Å²) in [7, 11) is 0. The fourth-order valence-corrected chi connectivity index (χ4v) is 1.53. The third kappa shape index (κ3) is 5.56. The molecule has 114 valence electrons. The monoisotopic (exact) mass is 293 g/mol. The second-order valence-corrected chi connectivity index (χ2v) is 5.06. The lowest BCUT2D eigenvalue weighted by Crippen LogP contribution is -2.49. The van der Waals surface area contributed by atoms with Crippen LogP contribution in [0.4, 0.5) is 26.3 Å². The van der Waals surface area contributed by atoms with Crippen LogP contribution in [-0.2, 0) is 4.74 Å². The Bertz CT molecular complexity index is 270. The van der Waals surface area contributed by atoms with Crippen molar-refractivity contribution in [3.05, 3.63) is 0 Å². The number of hydrogen-bond donors (Lipinski definition) is 1. The lowest BCUT2D eigenvalue weighted by molar-refractivity contribution is -0.333. The molecule has 0 radical (unpaired) electrons. The first-order valence-electron chi connectivity index (χ1n) is 6.04. The normalized spacial score (nSPS) is 19.3. The first-order chi connectivity index (χ1) is 8.51. The van der Waals surface area contributed by atoms with Gasteiger partial charge in [0.15, 0.2) is 0 Å². The average Bonchev–Trinajstić information content (AvgIpc) is 2.96. The summed E-state index contributed by atoms with van der Waals surface area (Å²) in [5.74, 6) is -0.446. The number of alkyl halides is 6. The highest BCUT2D eigenvalue weighted by molar-refractivity contribution is 4.84. The number of hydrogen-bond acceptors (Lipinski definition) is 2. The molecule has 1 aliphatic rings. The molecule has 1 saturated carbocycles. The van der Waals surface area contributed by atoms with E-state index in [1.54, 1.807) is 0 Å². The molecule has 1 rings (SSSR count). The molecule has 1 atom stereocenters. The van der Waals surface area contributed by atoms with E-state index < -0.39 is 30.5 Å². The molecule has 0 amide bonds. The Morgan fingerprint density at radius 1 is 1.05 bits per heavy atom. The van der Waals surface area contributed by atoms with Gasteiger partial charge in [0.05, 0.1) is 6.10 Å². The van der Waals surface area contributed by atoms with Crippen LogP contribution < -0.4 is 5.32 Å². The van der Waals surface area contributed by atoms with Gasteiger partial charge < -0.3 is 10.1 Å². The van der Waals surface area contributed by atoms with Crippen LogP contribution >= 0.6 is 0 Å². The van der Waals surface area contributed by atoms with E-state index in [-0.39, 0.29) is 12.6 Å². The summed E-state index contributed by atoms with van der Waals surface area (Å²) in [5.41, 5.74) is 0. The second kappa shape index (κ2) is 5.87. The van der Waals surface area contributed by atoms with Crippen molar-refractivity contribution in [1.29, 1.82) is 0 Å². The molecule has 1 N–H and O–H groups in total. The smallest absolute Gasteiger partial charge is 0.356 e. The molecule has 0 aromatic rings. The van der Waals surface area contributed by atoms with Gasteiger partial charge >= 0.3 is 12.4 Å². The SMILES string of the molecule is CC(C)C(CNC1CC1)OC(C(F)(F)F)C(F)(F)F. The molecular formula is C11H17F6NO. The number of halogens is 6. The fraction of sp³-hybridized carbons (Fsp3) is 1.00. The Balaban J connectivity index is 2.66.